The van der Waals surface area contributed by atoms with Gasteiger partial charge in [-0.05, 0) is 31.4 Å². The van der Waals surface area contributed by atoms with Gasteiger partial charge >= 0.3 is 0 Å². The van der Waals surface area contributed by atoms with E-state index < -0.39 is 0 Å². The van der Waals surface area contributed by atoms with Crippen LogP contribution >= 0.6 is 0 Å². The number of ether oxygens (including phenoxy) is 2. The van der Waals surface area contributed by atoms with E-state index in [4.69, 9.17) is 9.47 Å². The minimum atomic E-state index is 0.769. The van der Waals surface area contributed by atoms with E-state index in [1.165, 1.54) is 31.2 Å². The molecule has 1 aliphatic rings. The molecule has 3 nitrogen and oxygen atoms in total. The Labute approximate surface area is 116 Å². The monoisotopic (exact) mass is 264 g/mol. The summed E-state index contributed by atoms with van der Waals surface area (Å²) < 4.78 is 10.6. The fraction of sp³-hybridized carbons (Fsp3) is 0.625. The van der Waals surface area contributed by atoms with E-state index in [1.807, 2.05) is 6.07 Å². The smallest absolute Gasteiger partial charge is 0.123 e. The van der Waals surface area contributed by atoms with Crippen LogP contribution in [0, 0.1) is 5.92 Å². The van der Waals surface area contributed by atoms with Crippen molar-refractivity contribution in [3.63, 3.8) is 0 Å². The highest BCUT2D eigenvalue weighted by Gasteiger charge is 2.23. The maximum Gasteiger partial charge on any atom is 0.123 e. The highest BCUT2D eigenvalue weighted by molar-refractivity contribution is 5.38. The van der Waals surface area contributed by atoms with Crippen LogP contribution < -0.4 is 14.8 Å². The molecular weight excluding hydrogens is 238 g/mol. The molecule has 0 amide bonds. The molecule has 1 aromatic rings. The van der Waals surface area contributed by atoms with Crippen molar-refractivity contribution in [1.82, 2.24) is 0 Å². The summed E-state index contributed by atoms with van der Waals surface area (Å²) in [6.07, 6.45) is 5.51. The van der Waals surface area contributed by atoms with Crippen LogP contribution in [0.4, 0.5) is 0 Å². The van der Waals surface area contributed by atoms with Crippen LogP contribution in [0.3, 0.4) is 0 Å². The van der Waals surface area contributed by atoms with Crippen LogP contribution in [0.15, 0.2) is 18.2 Å². The van der Waals surface area contributed by atoms with Gasteiger partial charge in [-0.15, -0.1) is 0 Å². The normalized spacial score (nSPS) is 23.1. The lowest BCUT2D eigenvalue weighted by molar-refractivity contribution is -0.712. The summed E-state index contributed by atoms with van der Waals surface area (Å²) in [6.45, 7) is 3.38. The lowest BCUT2D eigenvalue weighted by Gasteiger charge is -2.26. The van der Waals surface area contributed by atoms with Gasteiger partial charge in [0.05, 0.1) is 20.3 Å². The second kappa shape index (κ2) is 6.80. The Bertz CT molecular complexity index is 383. The van der Waals surface area contributed by atoms with Gasteiger partial charge in [-0.25, -0.2) is 0 Å². The summed E-state index contributed by atoms with van der Waals surface area (Å²) in [5, 5.41) is 2.48. The molecule has 0 spiro atoms. The van der Waals surface area contributed by atoms with Crippen LogP contribution in [0.1, 0.15) is 38.2 Å². The van der Waals surface area contributed by atoms with Crippen LogP contribution in [0.25, 0.3) is 0 Å². The molecule has 0 bridgehead atoms. The molecule has 1 aromatic carbocycles. The molecule has 0 radical (unpaired) electrons. The zero-order chi connectivity index (χ0) is 13.7. The summed E-state index contributed by atoms with van der Waals surface area (Å²) in [7, 11) is 3.40. The van der Waals surface area contributed by atoms with Gasteiger partial charge in [0, 0.05) is 17.5 Å². The van der Waals surface area contributed by atoms with E-state index in [2.05, 4.69) is 24.4 Å². The molecule has 0 heterocycles. The van der Waals surface area contributed by atoms with Crippen molar-refractivity contribution < 1.29 is 14.8 Å². The van der Waals surface area contributed by atoms with E-state index in [-0.39, 0.29) is 0 Å². The van der Waals surface area contributed by atoms with Crippen molar-refractivity contribution in [2.24, 2.45) is 5.92 Å². The third-order valence-corrected chi connectivity index (χ3v) is 4.25. The fourth-order valence-electron chi connectivity index (χ4n) is 2.97. The molecule has 0 aromatic heterocycles. The van der Waals surface area contributed by atoms with E-state index in [0.29, 0.717) is 0 Å². The SMILES string of the molecule is COc1cc(C[NH2+][C@@H]2CCCC[C@@H]2C)cc(OC)c1. The minimum Gasteiger partial charge on any atom is -0.497 e. The number of hydrogen-bond donors (Lipinski definition) is 1. The van der Waals surface area contributed by atoms with Gasteiger partial charge in [0.25, 0.3) is 0 Å². The average molecular weight is 264 g/mol. The Kier molecular flexibility index (Phi) is 5.08. The predicted octanol–water partition coefficient (Wildman–Crippen LogP) is 2.35. The second-order valence-corrected chi connectivity index (χ2v) is 5.59. The number of nitrogens with two attached hydrogens (primary N) is 1. The van der Waals surface area contributed by atoms with Crippen LogP contribution in [0.5, 0.6) is 11.5 Å². The molecule has 2 N–H and O–H groups in total. The minimum absolute atomic E-state index is 0.769. The predicted molar refractivity (Wildman–Crippen MR) is 76.6 cm³/mol. The number of benzene rings is 1. The van der Waals surface area contributed by atoms with Crippen LogP contribution in [-0.4, -0.2) is 20.3 Å². The largest absolute Gasteiger partial charge is 0.497 e. The average Bonchev–Trinajstić information content (AvgIpc) is 2.46. The van der Waals surface area contributed by atoms with Gasteiger partial charge in [-0.1, -0.05) is 13.3 Å². The van der Waals surface area contributed by atoms with Gasteiger partial charge in [-0.2, -0.15) is 0 Å². The maximum atomic E-state index is 5.32. The summed E-state index contributed by atoms with van der Waals surface area (Å²) in [4.78, 5) is 0. The molecule has 1 aliphatic carbocycles. The summed E-state index contributed by atoms with van der Waals surface area (Å²) in [5.41, 5.74) is 1.27. The lowest BCUT2D eigenvalue weighted by atomic mass is 9.86. The Morgan fingerprint density at radius 2 is 1.68 bits per heavy atom. The van der Waals surface area contributed by atoms with Gasteiger partial charge in [0.15, 0.2) is 0 Å². The van der Waals surface area contributed by atoms with Gasteiger partial charge in [0.1, 0.15) is 18.0 Å². The first-order valence-corrected chi connectivity index (χ1v) is 7.28. The lowest BCUT2D eigenvalue weighted by Crippen LogP contribution is -2.90. The van der Waals surface area contributed by atoms with E-state index >= 15 is 0 Å². The first-order valence-electron chi connectivity index (χ1n) is 7.28. The van der Waals surface area contributed by atoms with Crippen molar-refractivity contribution >= 4 is 0 Å². The van der Waals surface area contributed by atoms with Crippen LogP contribution in [-0.2, 0) is 6.54 Å². The second-order valence-electron chi connectivity index (χ2n) is 5.59. The Balaban J connectivity index is 1.98. The molecule has 0 unspecified atom stereocenters. The van der Waals surface area contributed by atoms with Crippen molar-refractivity contribution in [3.8, 4) is 11.5 Å². The van der Waals surface area contributed by atoms with Crippen molar-refractivity contribution in [2.75, 3.05) is 14.2 Å². The zero-order valence-electron chi connectivity index (χ0n) is 12.3. The zero-order valence-corrected chi connectivity index (χ0v) is 12.3. The summed E-state index contributed by atoms with van der Waals surface area (Å²) in [5.74, 6) is 2.58. The molecule has 106 valence electrons. The first-order chi connectivity index (χ1) is 9.22. The maximum absolute atomic E-state index is 5.32. The fourth-order valence-corrected chi connectivity index (χ4v) is 2.97. The third kappa shape index (κ3) is 3.87. The van der Waals surface area contributed by atoms with E-state index in [0.717, 1.165) is 30.0 Å². The highest BCUT2D eigenvalue weighted by Crippen LogP contribution is 2.23. The number of hydrogen-bond acceptors (Lipinski definition) is 2. The van der Waals surface area contributed by atoms with E-state index in [1.54, 1.807) is 14.2 Å². The molecule has 2 atom stereocenters. The van der Waals surface area contributed by atoms with Gasteiger partial charge in [-0.3, -0.25) is 0 Å². The summed E-state index contributed by atoms with van der Waals surface area (Å²) >= 11 is 0. The molecule has 19 heavy (non-hydrogen) atoms. The standard InChI is InChI=1S/C16H25NO2/c1-12-6-4-5-7-16(12)17-11-13-8-14(18-2)10-15(9-13)19-3/h8-10,12,16-17H,4-7,11H2,1-3H3/p+1/t12-,16+/m0/s1. The molecular formula is C16H26NO2+. The first kappa shape index (κ1) is 14.2. The molecule has 3 heteroatoms. The summed E-state index contributed by atoms with van der Waals surface area (Å²) in [6, 6.07) is 6.90. The molecule has 2 rings (SSSR count). The topological polar surface area (TPSA) is 35.1 Å². The highest BCUT2D eigenvalue weighted by atomic mass is 16.5. The van der Waals surface area contributed by atoms with Crippen molar-refractivity contribution in [1.29, 1.82) is 0 Å². The molecule has 0 saturated heterocycles. The number of methoxy groups -OCH3 is 2. The number of quaternary nitrogens is 1. The molecule has 1 fully saturated rings. The van der Waals surface area contributed by atoms with Gasteiger partial charge < -0.3 is 14.8 Å². The van der Waals surface area contributed by atoms with Crippen molar-refractivity contribution in [2.45, 2.75) is 45.2 Å². The third-order valence-electron chi connectivity index (χ3n) is 4.25. The van der Waals surface area contributed by atoms with Crippen LogP contribution in [0.2, 0.25) is 0 Å². The molecule has 0 aliphatic heterocycles. The quantitative estimate of drug-likeness (QED) is 0.886. The van der Waals surface area contributed by atoms with Gasteiger partial charge in [0.2, 0.25) is 0 Å². The Morgan fingerprint density at radius 3 is 2.26 bits per heavy atom. The van der Waals surface area contributed by atoms with Crippen molar-refractivity contribution in [3.05, 3.63) is 23.8 Å². The Hall–Kier alpha value is -1.22. The van der Waals surface area contributed by atoms with E-state index in [9.17, 15) is 0 Å². The molecule has 1 saturated carbocycles. The number of rotatable bonds is 5. The Morgan fingerprint density at radius 1 is 1.05 bits per heavy atom.